The number of hydrogen-bond acceptors (Lipinski definition) is 3. The molecule has 0 bridgehead atoms. The second kappa shape index (κ2) is 9.28. The Hall–Kier alpha value is -0.770. The lowest BCUT2D eigenvalue weighted by molar-refractivity contribution is 0.0806. The zero-order chi connectivity index (χ0) is 12.3. The van der Waals surface area contributed by atoms with Crippen molar-refractivity contribution in [1.82, 2.24) is 0 Å². The second-order valence-electron chi connectivity index (χ2n) is 3.59. The smallest absolute Gasteiger partial charge is 0.119 e. The lowest BCUT2D eigenvalue weighted by Crippen LogP contribution is -2.08. The van der Waals surface area contributed by atoms with E-state index in [4.69, 9.17) is 25.8 Å². The topological polar surface area (TPSA) is 27.7 Å². The minimum absolute atomic E-state index is 0.505. The summed E-state index contributed by atoms with van der Waals surface area (Å²) in [6, 6.07) is 7.77. The van der Waals surface area contributed by atoms with Crippen molar-refractivity contribution in [3.63, 3.8) is 0 Å². The van der Waals surface area contributed by atoms with E-state index in [0.29, 0.717) is 25.7 Å². The van der Waals surface area contributed by atoms with E-state index in [1.807, 2.05) is 24.3 Å². The molecule has 1 aromatic carbocycles. The van der Waals surface area contributed by atoms with Gasteiger partial charge in [0, 0.05) is 26.2 Å². The van der Waals surface area contributed by atoms with Gasteiger partial charge in [0.05, 0.1) is 6.61 Å². The first-order valence-corrected chi connectivity index (χ1v) is 6.24. The van der Waals surface area contributed by atoms with Crippen LogP contribution in [0.3, 0.4) is 0 Å². The van der Waals surface area contributed by atoms with Crippen LogP contribution in [0.1, 0.15) is 12.0 Å². The maximum Gasteiger partial charge on any atom is 0.119 e. The highest BCUT2D eigenvalue weighted by molar-refractivity contribution is 6.17. The standard InChI is InChI=1S/C13H19ClO3/c1-15-6-3-7-16-8-9-17-13-5-2-4-12(10-13)11-14/h2,4-5,10H,3,6-9,11H2,1H3. The quantitative estimate of drug-likeness (QED) is 0.504. The molecule has 0 spiro atoms. The molecule has 0 aliphatic heterocycles. The molecule has 0 heterocycles. The van der Waals surface area contributed by atoms with Gasteiger partial charge in [-0.3, -0.25) is 0 Å². The number of methoxy groups -OCH3 is 1. The van der Waals surface area contributed by atoms with E-state index in [-0.39, 0.29) is 0 Å². The predicted octanol–water partition coefficient (Wildman–Crippen LogP) is 2.86. The largest absolute Gasteiger partial charge is 0.491 e. The summed E-state index contributed by atoms with van der Waals surface area (Å²) in [5.74, 6) is 1.34. The van der Waals surface area contributed by atoms with Gasteiger partial charge >= 0.3 is 0 Å². The fraction of sp³-hybridized carbons (Fsp3) is 0.538. The Morgan fingerprint density at radius 1 is 1.12 bits per heavy atom. The molecule has 1 rings (SSSR count). The van der Waals surface area contributed by atoms with Crippen molar-refractivity contribution in [3.8, 4) is 5.75 Å². The summed E-state index contributed by atoms with van der Waals surface area (Å²) in [6.07, 6.45) is 0.915. The summed E-state index contributed by atoms with van der Waals surface area (Å²) in [5.41, 5.74) is 1.06. The minimum atomic E-state index is 0.505. The van der Waals surface area contributed by atoms with Crippen LogP contribution in [0.25, 0.3) is 0 Å². The molecule has 0 saturated heterocycles. The average Bonchev–Trinajstić information content (AvgIpc) is 2.38. The Balaban J connectivity index is 2.09. The van der Waals surface area contributed by atoms with Crippen LogP contribution in [0.2, 0.25) is 0 Å². The monoisotopic (exact) mass is 258 g/mol. The highest BCUT2D eigenvalue weighted by atomic mass is 35.5. The lowest BCUT2D eigenvalue weighted by atomic mass is 10.2. The van der Waals surface area contributed by atoms with Gasteiger partial charge in [0.2, 0.25) is 0 Å². The Morgan fingerprint density at radius 3 is 2.76 bits per heavy atom. The highest BCUT2D eigenvalue weighted by Crippen LogP contribution is 2.14. The van der Waals surface area contributed by atoms with Gasteiger partial charge in [-0.25, -0.2) is 0 Å². The van der Waals surface area contributed by atoms with Crippen molar-refractivity contribution >= 4 is 11.6 Å². The van der Waals surface area contributed by atoms with Crippen LogP contribution in [0.15, 0.2) is 24.3 Å². The molecule has 1 aromatic rings. The molecule has 0 aliphatic carbocycles. The van der Waals surface area contributed by atoms with E-state index in [2.05, 4.69) is 0 Å². The molecular weight excluding hydrogens is 240 g/mol. The van der Waals surface area contributed by atoms with Gasteiger partial charge in [0.15, 0.2) is 0 Å². The number of halogens is 1. The van der Waals surface area contributed by atoms with Crippen LogP contribution in [0.5, 0.6) is 5.75 Å². The number of alkyl halides is 1. The van der Waals surface area contributed by atoms with Crippen molar-refractivity contribution in [2.45, 2.75) is 12.3 Å². The Kier molecular flexibility index (Phi) is 7.80. The number of hydrogen-bond donors (Lipinski definition) is 0. The molecule has 4 heteroatoms. The Bertz CT molecular complexity index is 304. The van der Waals surface area contributed by atoms with Gasteiger partial charge in [-0.05, 0) is 24.1 Å². The van der Waals surface area contributed by atoms with Gasteiger partial charge in [0.25, 0.3) is 0 Å². The number of rotatable bonds is 9. The van der Waals surface area contributed by atoms with Crippen molar-refractivity contribution in [1.29, 1.82) is 0 Å². The predicted molar refractivity (Wildman–Crippen MR) is 68.8 cm³/mol. The molecule has 0 amide bonds. The van der Waals surface area contributed by atoms with Gasteiger partial charge < -0.3 is 14.2 Å². The lowest BCUT2D eigenvalue weighted by Gasteiger charge is -2.07. The zero-order valence-electron chi connectivity index (χ0n) is 10.2. The summed E-state index contributed by atoms with van der Waals surface area (Å²) in [4.78, 5) is 0. The molecule has 0 radical (unpaired) electrons. The van der Waals surface area contributed by atoms with Crippen molar-refractivity contribution < 1.29 is 14.2 Å². The van der Waals surface area contributed by atoms with E-state index < -0.39 is 0 Å². The van der Waals surface area contributed by atoms with Gasteiger partial charge in [-0.15, -0.1) is 11.6 Å². The average molecular weight is 259 g/mol. The van der Waals surface area contributed by atoms with Gasteiger partial charge in [0.1, 0.15) is 12.4 Å². The van der Waals surface area contributed by atoms with Crippen LogP contribution in [-0.4, -0.2) is 33.5 Å². The summed E-state index contributed by atoms with van der Waals surface area (Å²) < 4.78 is 15.8. The van der Waals surface area contributed by atoms with Crippen LogP contribution in [0, 0.1) is 0 Å². The van der Waals surface area contributed by atoms with Crippen LogP contribution < -0.4 is 4.74 Å². The van der Waals surface area contributed by atoms with E-state index in [1.54, 1.807) is 7.11 Å². The summed E-state index contributed by atoms with van der Waals surface area (Å²) in [5, 5.41) is 0. The zero-order valence-corrected chi connectivity index (χ0v) is 10.9. The molecule has 0 saturated carbocycles. The highest BCUT2D eigenvalue weighted by Gasteiger charge is 1.96. The molecule has 0 fully saturated rings. The van der Waals surface area contributed by atoms with Crippen LogP contribution in [0.4, 0.5) is 0 Å². The minimum Gasteiger partial charge on any atom is -0.491 e. The van der Waals surface area contributed by atoms with Crippen molar-refractivity contribution in [2.75, 3.05) is 33.5 Å². The fourth-order valence-corrected chi connectivity index (χ4v) is 1.51. The molecule has 0 aromatic heterocycles. The molecule has 0 aliphatic rings. The van der Waals surface area contributed by atoms with E-state index in [0.717, 1.165) is 24.3 Å². The first kappa shape index (κ1) is 14.3. The molecule has 0 N–H and O–H groups in total. The molecule has 0 unspecified atom stereocenters. The maximum atomic E-state index is 5.74. The first-order valence-electron chi connectivity index (χ1n) is 5.71. The van der Waals surface area contributed by atoms with E-state index >= 15 is 0 Å². The molecule has 17 heavy (non-hydrogen) atoms. The summed E-state index contributed by atoms with van der Waals surface area (Å²) in [6.45, 7) is 2.59. The number of benzene rings is 1. The third kappa shape index (κ3) is 6.51. The normalized spacial score (nSPS) is 10.5. The summed E-state index contributed by atoms with van der Waals surface area (Å²) in [7, 11) is 1.69. The van der Waals surface area contributed by atoms with E-state index in [1.165, 1.54) is 0 Å². The van der Waals surface area contributed by atoms with Crippen LogP contribution in [-0.2, 0) is 15.4 Å². The SMILES string of the molecule is COCCCOCCOc1cccc(CCl)c1. The molecule has 0 atom stereocenters. The third-order valence-corrected chi connectivity index (χ3v) is 2.49. The molecular formula is C13H19ClO3. The first-order chi connectivity index (χ1) is 8.36. The molecule has 96 valence electrons. The maximum absolute atomic E-state index is 5.74. The summed E-state index contributed by atoms with van der Waals surface area (Å²) >= 11 is 5.74. The Morgan fingerprint density at radius 2 is 2.00 bits per heavy atom. The molecule has 3 nitrogen and oxygen atoms in total. The number of ether oxygens (including phenoxy) is 3. The Labute approximate surface area is 108 Å². The second-order valence-corrected chi connectivity index (χ2v) is 3.86. The van der Waals surface area contributed by atoms with E-state index in [9.17, 15) is 0 Å². The van der Waals surface area contributed by atoms with Crippen molar-refractivity contribution in [3.05, 3.63) is 29.8 Å². The third-order valence-electron chi connectivity index (χ3n) is 2.19. The van der Waals surface area contributed by atoms with Crippen LogP contribution >= 0.6 is 11.6 Å². The van der Waals surface area contributed by atoms with Crippen molar-refractivity contribution in [2.24, 2.45) is 0 Å². The van der Waals surface area contributed by atoms with Gasteiger partial charge in [-0.2, -0.15) is 0 Å². The van der Waals surface area contributed by atoms with Gasteiger partial charge in [-0.1, -0.05) is 12.1 Å². The fourth-order valence-electron chi connectivity index (χ4n) is 1.34.